The number of hydrogen-bond acceptors (Lipinski definition) is 3. The Balaban J connectivity index is 2.06. The van der Waals surface area contributed by atoms with E-state index in [9.17, 15) is 4.79 Å². The average Bonchev–Trinajstić information content (AvgIpc) is 2.49. The monoisotopic (exact) mass is 366 g/mol. The fourth-order valence-electron chi connectivity index (χ4n) is 1.58. The van der Waals surface area contributed by atoms with Gasteiger partial charge in [0.05, 0.1) is 18.9 Å². The van der Waals surface area contributed by atoms with Crippen LogP contribution in [0.3, 0.4) is 0 Å². The summed E-state index contributed by atoms with van der Waals surface area (Å²) in [6, 6.07) is 12.3. The molecule has 108 valence electrons. The van der Waals surface area contributed by atoms with Crippen LogP contribution in [0, 0.1) is 0 Å². The van der Waals surface area contributed by atoms with Crippen LogP contribution >= 0.6 is 27.5 Å². The molecule has 0 aromatic heterocycles. The third-order valence-corrected chi connectivity index (χ3v) is 3.61. The van der Waals surface area contributed by atoms with Crippen molar-refractivity contribution in [3.8, 4) is 5.75 Å². The molecule has 2 rings (SSSR count). The lowest BCUT2D eigenvalue weighted by molar-refractivity contribution is 0.0954. The topological polar surface area (TPSA) is 50.7 Å². The molecule has 6 heteroatoms. The van der Waals surface area contributed by atoms with E-state index in [-0.39, 0.29) is 5.91 Å². The molecule has 0 aliphatic carbocycles. The summed E-state index contributed by atoms with van der Waals surface area (Å²) in [7, 11) is 1.55. The van der Waals surface area contributed by atoms with Gasteiger partial charge in [0.25, 0.3) is 5.91 Å². The van der Waals surface area contributed by atoms with Crippen LogP contribution in [0.5, 0.6) is 5.75 Å². The third kappa shape index (κ3) is 4.31. The van der Waals surface area contributed by atoms with Gasteiger partial charge in [0.2, 0.25) is 0 Å². The molecule has 1 amide bonds. The standard InChI is InChI=1S/C15H12BrClN2O2/c1-21-12-6-7-14(16)13(8-12)15(20)19-18-9-10-2-4-11(17)5-3-10/h2-9H,1H3,(H,19,20)/b18-9-. The Kier molecular flexibility index (Phi) is 5.36. The number of amides is 1. The van der Waals surface area contributed by atoms with Crippen LogP contribution in [0.4, 0.5) is 0 Å². The molecule has 21 heavy (non-hydrogen) atoms. The zero-order chi connectivity index (χ0) is 15.2. The first-order valence-electron chi connectivity index (χ1n) is 6.02. The van der Waals surface area contributed by atoms with Gasteiger partial charge < -0.3 is 4.74 Å². The van der Waals surface area contributed by atoms with Crippen molar-refractivity contribution in [3.05, 3.63) is 63.1 Å². The molecule has 0 spiro atoms. The van der Waals surface area contributed by atoms with Crippen molar-refractivity contribution in [3.63, 3.8) is 0 Å². The highest BCUT2D eigenvalue weighted by Crippen LogP contribution is 2.22. The van der Waals surface area contributed by atoms with E-state index in [4.69, 9.17) is 16.3 Å². The summed E-state index contributed by atoms with van der Waals surface area (Å²) in [6.45, 7) is 0. The molecule has 0 atom stereocenters. The van der Waals surface area contributed by atoms with Gasteiger partial charge in [0.15, 0.2) is 0 Å². The number of carbonyl (C=O) groups is 1. The van der Waals surface area contributed by atoms with Crippen molar-refractivity contribution in [2.75, 3.05) is 7.11 Å². The van der Waals surface area contributed by atoms with E-state index < -0.39 is 0 Å². The second-order valence-electron chi connectivity index (χ2n) is 4.10. The Bertz CT molecular complexity index is 672. The van der Waals surface area contributed by atoms with Gasteiger partial charge in [-0.05, 0) is 51.8 Å². The van der Waals surface area contributed by atoms with Crippen molar-refractivity contribution >= 4 is 39.7 Å². The van der Waals surface area contributed by atoms with Crippen molar-refractivity contribution in [2.45, 2.75) is 0 Å². The molecule has 0 radical (unpaired) electrons. The minimum atomic E-state index is -0.328. The summed E-state index contributed by atoms with van der Waals surface area (Å²) in [4.78, 5) is 12.0. The van der Waals surface area contributed by atoms with E-state index >= 15 is 0 Å². The first kappa shape index (κ1) is 15.5. The zero-order valence-electron chi connectivity index (χ0n) is 11.1. The number of benzene rings is 2. The maximum Gasteiger partial charge on any atom is 0.272 e. The number of hydrogen-bond donors (Lipinski definition) is 1. The summed E-state index contributed by atoms with van der Waals surface area (Å²) in [6.07, 6.45) is 1.54. The number of methoxy groups -OCH3 is 1. The van der Waals surface area contributed by atoms with Crippen LogP contribution in [-0.2, 0) is 0 Å². The lowest BCUT2D eigenvalue weighted by atomic mass is 10.2. The minimum absolute atomic E-state index is 0.328. The molecule has 4 nitrogen and oxygen atoms in total. The number of hydrazone groups is 1. The second kappa shape index (κ2) is 7.24. The highest BCUT2D eigenvalue weighted by molar-refractivity contribution is 9.10. The average molecular weight is 368 g/mol. The second-order valence-corrected chi connectivity index (χ2v) is 5.39. The first-order chi connectivity index (χ1) is 10.1. The van der Waals surface area contributed by atoms with E-state index in [1.807, 2.05) is 0 Å². The smallest absolute Gasteiger partial charge is 0.272 e. The van der Waals surface area contributed by atoms with Crippen LogP contribution in [0.1, 0.15) is 15.9 Å². The summed E-state index contributed by atoms with van der Waals surface area (Å²) < 4.78 is 5.76. The Hall–Kier alpha value is -1.85. The number of rotatable bonds is 4. The molecular weight excluding hydrogens is 356 g/mol. The molecule has 0 aliphatic rings. The first-order valence-corrected chi connectivity index (χ1v) is 7.20. The van der Waals surface area contributed by atoms with Gasteiger partial charge in [0, 0.05) is 9.50 Å². The largest absolute Gasteiger partial charge is 0.497 e. The number of nitrogens with one attached hydrogen (secondary N) is 1. The Morgan fingerprint density at radius 3 is 2.67 bits per heavy atom. The van der Waals surface area contributed by atoms with Crippen molar-refractivity contribution < 1.29 is 9.53 Å². The molecule has 0 fully saturated rings. The van der Waals surface area contributed by atoms with Crippen LogP contribution in [0.2, 0.25) is 5.02 Å². The van der Waals surface area contributed by atoms with Gasteiger partial charge in [-0.25, -0.2) is 5.43 Å². The fourth-order valence-corrected chi connectivity index (χ4v) is 2.13. The summed E-state index contributed by atoms with van der Waals surface area (Å²) in [5, 5.41) is 4.56. The fraction of sp³-hybridized carbons (Fsp3) is 0.0667. The van der Waals surface area contributed by atoms with Crippen LogP contribution < -0.4 is 10.2 Å². The van der Waals surface area contributed by atoms with E-state index in [0.717, 1.165) is 5.56 Å². The highest BCUT2D eigenvalue weighted by Gasteiger charge is 2.10. The molecule has 2 aromatic carbocycles. The van der Waals surface area contributed by atoms with E-state index in [2.05, 4.69) is 26.5 Å². The van der Waals surface area contributed by atoms with Gasteiger partial charge in [-0.1, -0.05) is 23.7 Å². The highest BCUT2D eigenvalue weighted by atomic mass is 79.9. The molecule has 0 bridgehead atoms. The minimum Gasteiger partial charge on any atom is -0.497 e. The van der Waals surface area contributed by atoms with Crippen molar-refractivity contribution in [1.29, 1.82) is 0 Å². The van der Waals surface area contributed by atoms with Crippen LogP contribution in [0.15, 0.2) is 52.0 Å². The van der Waals surface area contributed by atoms with Crippen molar-refractivity contribution in [1.82, 2.24) is 5.43 Å². The molecule has 0 aliphatic heterocycles. The Morgan fingerprint density at radius 2 is 2.00 bits per heavy atom. The summed E-state index contributed by atoms with van der Waals surface area (Å²) >= 11 is 9.11. The zero-order valence-corrected chi connectivity index (χ0v) is 13.5. The molecule has 1 N–H and O–H groups in total. The van der Waals surface area contributed by atoms with Crippen molar-refractivity contribution in [2.24, 2.45) is 5.10 Å². The van der Waals surface area contributed by atoms with Gasteiger partial charge >= 0.3 is 0 Å². The summed E-state index contributed by atoms with van der Waals surface area (Å²) in [5.41, 5.74) is 3.75. The predicted molar refractivity (Wildman–Crippen MR) is 87.2 cm³/mol. The molecule has 0 saturated heterocycles. The quantitative estimate of drug-likeness (QED) is 0.659. The molecule has 0 saturated carbocycles. The van der Waals surface area contributed by atoms with E-state index in [0.29, 0.717) is 20.8 Å². The van der Waals surface area contributed by atoms with Crippen LogP contribution in [0.25, 0.3) is 0 Å². The number of carbonyl (C=O) groups excluding carboxylic acids is 1. The molecule has 0 unspecified atom stereocenters. The molecule has 2 aromatic rings. The maximum absolute atomic E-state index is 12.0. The Labute approximate surface area is 135 Å². The van der Waals surface area contributed by atoms with E-state index in [1.54, 1.807) is 55.8 Å². The lowest BCUT2D eigenvalue weighted by Gasteiger charge is -2.05. The normalized spacial score (nSPS) is 10.6. The van der Waals surface area contributed by atoms with Crippen LogP contribution in [-0.4, -0.2) is 19.2 Å². The lowest BCUT2D eigenvalue weighted by Crippen LogP contribution is -2.18. The SMILES string of the molecule is COc1ccc(Br)c(C(=O)N/N=C\c2ccc(Cl)cc2)c1. The maximum atomic E-state index is 12.0. The van der Waals surface area contributed by atoms with Gasteiger partial charge in [0.1, 0.15) is 5.75 Å². The third-order valence-electron chi connectivity index (χ3n) is 2.67. The number of nitrogens with zero attached hydrogens (tertiary/aromatic N) is 1. The molecule has 0 heterocycles. The van der Waals surface area contributed by atoms with Gasteiger partial charge in [-0.3, -0.25) is 4.79 Å². The predicted octanol–water partition coefficient (Wildman–Crippen LogP) is 3.88. The van der Waals surface area contributed by atoms with Gasteiger partial charge in [-0.2, -0.15) is 5.10 Å². The summed E-state index contributed by atoms with van der Waals surface area (Å²) in [5.74, 6) is 0.274. The van der Waals surface area contributed by atoms with E-state index in [1.165, 1.54) is 0 Å². The molecular formula is C15H12BrClN2O2. The number of halogens is 2. The number of ether oxygens (including phenoxy) is 1. The Morgan fingerprint density at radius 1 is 1.29 bits per heavy atom. The van der Waals surface area contributed by atoms with Gasteiger partial charge in [-0.15, -0.1) is 0 Å².